The van der Waals surface area contributed by atoms with Gasteiger partial charge in [0.15, 0.2) is 16.7 Å². The molecule has 22 heavy (non-hydrogen) atoms. The Balaban J connectivity index is 2.34. The number of aryl methyl sites for hydroxylation is 1. The Morgan fingerprint density at radius 3 is 2.23 bits per heavy atom. The fraction of sp³-hybridized carbons (Fsp3) is 0.357. The van der Waals surface area contributed by atoms with Gasteiger partial charge in [0, 0.05) is 18.8 Å². The zero-order valence-corrected chi connectivity index (χ0v) is 14.0. The Kier molecular flexibility index (Phi) is 5.26. The van der Waals surface area contributed by atoms with Crippen molar-refractivity contribution in [1.29, 1.82) is 0 Å². The smallest absolute Gasteiger partial charge is 0.269 e. The molecular weight excluding hydrogens is 304 g/mol. The summed E-state index contributed by atoms with van der Waals surface area (Å²) in [6.45, 7) is 0. The molecule has 1 aromatic carbocycles. The van der Waals surface area contributed by atoms with Crippen LogP contribution in [-0.2, 0) is 7.05 Å². The molecule has 0 saturated carbocycles. The first kappa shape index (κ1) is 16.2. The molecule has 0 aliphatic carbocycles. The minimum absolute atomic E-state index is 0.403. The summed E-state index contributed by atoms with van der Waals surface area (Å²) in [7, 11) is 6.54. The van der Waals surface area contributed by atoms with Gasteiger partial charge in [0.25, 0.3) is 5.95 Å². The summed E-state index contributed by atoms with van der Waals surface area (Å²) in [4.78, 5) is 8.57. The average Bonchev–Trinajstić information content (AvgIpc) is 2.91. The molecule has 0 radical (unpaired) electrons. The molecule has 0 saturated heterocycles. The molecule has 0 amide bonds. The van der Waals surface area contributed by atoms with Gasteiger partial charge in [-0.1, -0.05) is 11.8 Å². The SMILES string of the molecule is COc1cc(/C=N/c2nc(SC)n(C)n2)cc(OC)c1OC. The van der Waals surface area contributed by atoms with Crippen LogP contribution in [0.2, 0.25) is 0 Å². The van der Waals surface area contributed by atoms with Crippen molar-refractivity contribution < 1.29 is 14.2 Å². The van der Waals surface area contributed by atoms with Gasteiger partial charge < -0.3 is 14.2 Å². The van der Waals surface area contributed by atoms with E-state index in [1.54, 1.807) is 32.2 Å². The lowest BCUT2D eigenvalue weighted by atomic mass is 10.2. The summed E-state index contributed by atoms with van der Waals surface area (Å²) >= 11 is 1.51. The van der Waals surface area contributed by atoms with Crippen LogP contribution in [0.3, 0.4) is 0 Å². The van der Waals surface area contributed by atoms with Crippen LogP contribution in [0.5, 0.6) is 17.2 Å². The van der Waals surface area contributed by atoms with Crippen LogP contribution in [0.4, 0.5) is 5.95 Å². The van der Waals surface area contributed by atoms with Gasteiger partial charge in [-0.2, -0.15) is 4.98 Å². The molecule has 0 spiro atoms. The zero-order valence-electron chi connectivity index (χ0n) is 13.2. The van der Waals surface area contributed by atoms with Crippen LogP contribution < -0.4 is 14.2 Å². The standard InChI is InChI=1S/C14H18N4O3S/c1-18-14(22-5)16-13(17-18)15-8-9-6-10(19-2)12(21-4)11(7-9)20-3/h6-8H,1-5H3/b15-8+. The maximum Gasteiger partial charge on any atom is 0.269 e. The molecule has 1 aromatic heterocycles. The third kappa shape index (κ3) is 3.33. The average molecular weight is 322 g/mol. The lowest BCUT2D eigenvalue weighted by Crippen LogP contribution is -1.96. The Bertz CT molecular complexity index is 660. The summed E-state index contributed by atoms with van der Waals surface area (Å²) in [5.41, 5.74) is 0.799. The maximum atomic E-state index is 5.31. The Morgan fingerprint density at radius 1 is 1.14 bits per heavy atom. The van der Waals surface area contributed by atoms with Crippen molar-refractivity contribution in [2.75, 3.05) is 27.6 Å². The second-order valence-electron chi connectivity index (χ2n) is 4.24. The number of nitrogens with zero attached hydrogens (tertiary/aromatic N) is 4. The maximum absolute atomic E-state index is 5.31. The largest absolute Gasteiger partial charge is 0.493 e. The van der Waals surface area contributed by atoms with Gasteiger partial charge in [-0.05, 0) is 18.4 Å². The van der Waals surface area contributed by atoms with E-state index < -0.39 is 0 Å². The van der Waals surface area contributed by atoms with E-state index in [0.29, 0.717) is 23.2 Å². The van der Waals surface area contributed by atoms with E-state index in [-0.39, 0.29) is 0 Å². The van der Waals surface area contributed by atoms with Crippen LogP contribution in [-0.4, -0.2) is 48.6 Å². The first-order valence-corrected chi connectivity index (χ1v) is 7.64. The molecule has 0 fully saturated rings. The van der Waals surface area contributed by atoms with E-state index in [4.69, 9.17) is 14.2 Å². The molecule has 2 rings (SSSR count). The monoisotopic (exact) mass is 322 g/mol. The summed E-state index contributed by atoms with van der Waals surface area (Å²) in [6.07, 6.45) is 3.60. The lowest BCUT2D eigenvalue weighted by Gasteiger charge is -2.12. The number of benzene rings is 1. The van der Waals surface area contributed by atoms with Crippen molar-refractivity contribution in [3.8, 4) is 17.2 Å². The van der Waals surface area contributed by atoms with Crippen LogP contribution >= 0.6 is 11.8 Å². The van der Waals surface area contributed by atoms with E-state index in [9.17, 15) is 0 Å². The van der Waals surface area contributed by atoms with Crippen molar-refractivity contribution in [3.63, 3.8) is 0 Å². The second kappa shape index (κ2) is 7.17. The minimum atomic E-state index is 0.403. The molecule has 0 unspecified atom stereocenters. The fourth-order valence-electron chi connectivity index (χ4n) is 1.90. The number of rotatable bonds is 6. The number of ether oxygens (including phenoxy) is 3. The molecule has 8 heteroatoms. The van der Waals surface area contributed by atoms with Gasteiger partial charge in [0.05, 0.1) is 21.3 Å². The molecule has 0 aliphatic heterocycles. The van der Waals surface area contributed by atoms with Gasteiger partial charge in [-0.25, -0.2) is 9.67 Å². The van der Waals surface area contributed by atoms with E-state index in [1.165, 1.54) is 11.8 Å². The van der Waals surface area contributed by atoms with Crippen molar-refractivity contribution in [2.45, 2.75) is 5.16 Å². The molecule has 0 bridgehead atoms. The predicted molar refractivity (Wildman–Crippen MR) is 86.1 cm³/mol. The Morgan fingerprint density at radius 2 is 1.77 bits per heavy atom. The van der Waals surface area contributed by atoms with Crippen molar-refractivity contribution in [1.82, 2.24) is 14.8 Å². The van der Waals surface area contributed by atoms with Crippen molar-refractivity contribution in [2.24, 2.45) is 12.0 Å². The number of aromatic nitrogens is 3. The number of aliphatic imine (C=N–C) groups is 1. The molecule has 2 aromatic rings. The third-order valence-electron chi connectivity index (χ3n) is 2.91. The highest BCUT2D eigenvalue weighted by Gasteiger charge is 2.12. The molecule has 0 atom stereocenters. The molecule has 7 nitrogen and oxygen atoms in total. The Hall–Kier alpha value is -2.22. The normalized spacial score (nSPS) is 11.0. The molecule has 1 heterocycles. The lowest BCUT2D eigenvalue weighted by molar-refractivity contribution is 0.324. The first-order valence-electron chi connectivity index (χ1n) is 6.42. The number of hydrogen-bond acceptors (Lipinski definition) is 7. The van der Waals surface area contributed by atoms with E-state index in [0.717, 1.165) is 10.7 Å². The number of hydrogen-bond donors (Lipinski definition) is 0. The topological polar surface area (TPSA) is 70.8 Å². The van der Waals surface area contributed by atoms with E-state index in [1.807, 2.05) is 25.4 Å². The van der Waals surface area contributed by atoms with Gasteiger partial charge >= 0.3 is 0 Å². The highest BCUT2D eigenvalue weighted by molar-refractivity contribution is 7.98. The summed E-state index contributed by atoms with van der Waals surface area (Å²) in [5.74, 6) is 2.09. The zero-order chi connectivity index (χ0) is 16.1. The van der Waals surface area contributed by atoms with Crippen LogP contribution in [0.25, 0.3) is 0 Å². The van der Waals surface area contributed by atoms with E-state index in [2.05, 4.69) is 15.1 Å². The first-order chi connectivity index (χ1) is 10.6. The van der Waals surface area contributed by atoms with Crippen LogP contribution in [0.15, 0.2) is 22.3 Å². The second-order valence-corrected chi connectivity index (χ2v) is 5.01. The van der Waals surface area contributed by atoms with Crippen LogP contribution in [0, 0.1) is 0 Å². The van der Waals surface area contributed by atoms with Gasteiger partial charge in [0.2, 0.25) is 5.75 Å². The molecule has 0 aliphatic rings. The van der Waals surface area contributed by atoms with Crippen molar-refractivity contribution in [3.05, 3.63) is 17.7 Å². The van der Waals surface area contributed by atoms with Gasteiger partial charge in [0.1, 0.15) is 0 Å². The van der Waals surface area contributed by atoms with Crippen molar-refractivity contribution >= 4 is 23.9 Å². The Labute approximate surface area is 133 Å². The predicted octanol–water partition coefficient (Wildman–Crippen LogP) is 2.31. The third-order valence-corrected chi connectivity index (χ3v) is 3.63. The summed E-state index contributed by atoms with van der Waals surface area (Å²) in [5, 5.41) is 5.02. The van der Waals surface area contributed by atoms with E-state index >= 15 is 0 Å². The summed E-state index contributed by atoms with van der Waals surface area (Å²) < 4.78 is 17.6. The number of thioether (sulfide) groups is 1. The van der Waals surface area contributed by atoms with Gasteiger partial charge in [-0.15, -0.1) is 5.10 Å². The number of methoxy groups -OCH3 is 3. The van der Waals surface area contributed by atoms with Gasteiger partial charge in [-0.3, -0.25) is 0 Å². The molecule has 118 valence electrons. The summed E-state index contributed by atoms with van der Waals surface area (Å²) in [6, 6.07) is 3.62. The quantitative estimate of drug-likeness (QED) is 0.600. The highest BCUT2D eigenvalue weighted by Crippen LogP contribution is 2.37. The highest BCUT2D eigenvalue weighted by atomic mass is 32.2. The minimum Gasteiger partial charge on any atom is -0.493 e. The molecule has 0 N–H and O–H groups in total. The van der Waals surface area contributed by atoms with Crippen LogP contribution in [0.1, 0.15) is 5.56 Å². The fourth-order valence-corrected chi connectivity index (χ4v) is 2.38. The molecular formula is C14H18N4O3S.